The van der Waals surface area contributed by atoms with Crippen LogP contribution in [0.15, 0.2) is 42.6 Å². The number of nitrogens with one attached hydrogen (secondary N) is 1. The van der Waals surface area contributed by atoms with Gasteiger partial charge >= 0.3 is 0 Å². The van der Waals surface area contributed by atoms with E-state index in [2.05, 4.69) is 10.3 Å². The van der Waals surface area contributed by atoms with Crippen molar-refractivity contribution >= 4 is 23.6 Å². The predicted octanol–water partition coefficient (Wildman–Crippen LogP) is 2.88. The number of rotatable bonds is 5. The molecular weight excluding hydrogens is 326 g/mol. The molecule has 0 aliphatic rings. The first-order chi connectivity index (χ1) is 11.0. The van der Waals surface area contributed by atoms with Crippen LogP contribution in [0, 0.1) is 11.6 Å². The Bertz CT molecular complexity index is 718. The smallest absolute Gasteiger partial charge is 0.244 e. The van der Waals surface area contributed by atoms with Crippen molar-refractivity contribution in [1.29, 1.82) is 0 Å². The summed E-state index contributed by atoms with van der Waals surface area (Å²) in [6.07, 6.45) is 2.73. The first-order valence-corrected chi connectivity index (χ1v) is 7.04. The van der Waals surface area contributed by atoms with Crippen LogP contribution in [0.1, 0.15) is 17.2 Å². The van der Waals surface area contributed by atoms with Crippen molar-refractivity contribution in [1.82, 2.24) is 10.3 Å². The summed E-state index contributed by atoms with van der Waals surface area (Å²) < 4.78 is 27.0. The fraction of sp³-hybridized carbons (Fsp3) is 0.125. The van der Waals surface area contributed by atoms with Crippen molar-refractivity contribution in [3.63, 3.8) is 0 Å². The molecule has 23 heavy (non-hydrogen) atoms. The molecule has 4 nitrogen and oxygen atoms in total. The van der Waals surface area contributed by atoms with Crippen LogP contribution >= 0.6 is 11.6 Å². The van der Waals surface area contributed by atoms with E-state index in [4.69, 9.17) is 11.6 Å². The number of benzene rings is 1. The van der Waals surface area contributed by atoms with E-state index in [1.54, 1.807) is 12.1 Å². The SMILES string of the molecule is O=C(/C=C/c1ccnc(Cl)c1)NCC(O)c1c(F)cccc1F. The lowest BCUT2D eigenvalue weighted by molar-refractivity contribution is -0.116. The van der Waals surface area contributed by atoms with Crippen LogP contribution in [0.5, 0.6) is 0 Å². The number of pyridine rings is 1. The number of carbonyl (C=O) groups is 1. The maximum atomic E-state index is 13.5. The maximum absolute atomic E-state index is 13.5. The third kappa shape index (κ3) is 4.84. The minimum absolute atomic E-state index is 0.290. The molecule has 1 aromatic carbocycles. The molecule has 2 rings (SSSR count). The van der Waals surface area contributed by atoms with E-state index in [-0.39, 0.29) is 11.7 Å². The Morgan fingerprint density at radius 3 is 2.70 bits per heavy atom. The van der Waals surface area contributed by atoms with E-state index in [9.17, 15) is 18.7 Å². The number of hydrogen-bond donors (Lipinski definition) is 2. The molecule has 0 saturated heterocycles. The third-order valence-corrected chi connectivity index (χ3v) is 3.19. The fourth-order valence-corrected chi connectivity index (χ4v) is 2.06. The van der Waals surface area contributed by atoms with Crippen molar-refractivity contribution in [3.8, 4) is 0 Å². The average molecular weight is 339 g/mol. The monoisotopic (exact) mass is 338 g/mol. The number of carbonyl (C=O) groups excluding carboxylic acids is 1. The number of aliphatic hydroxyl groups excluding tert-OH is 1. The van der Waals surface area contributed by atoms with Crippen LogP contribution in [-0.2, 0) is 4.79 Å². The molecule has 0 fully saturated rings. The maximum Gasteiger partial charge on any atom is 0.244 e. The molecule has 0 saturated carbocycles. The summed E-state index contributed by atoms with van der Waals surface area (Å²) in [5.41, 5.74) is 0.193. The van der Waals surface area contributed by atoms with Gasteiger partial charge in [-0.1, -0.05) is 17.7 Å². The van der Waals surface area contributed by atoms with Crippen LogP contribution in [0.3, 0.4) is 0 Å². The van der Waals surface area contributed by atoms with Gasteiger partial charge in [-0.15, -0.1) is 0 Å². The number of aliphatic hydroxyl groups is 1. The fourth-order valence-electron chi connectivity index (χ4n) is 1.88. The van der Waals surface area contributed by atoms with Crippen LogP contribution < -0.4 is 5.32 Å². The van der Waals surface area contributed by atoms with Crippen molar-refractivity contribution in [3.05, 3.63) is 70.5 Å². The van der Waals surface area contributed by atoms with Gasteiger partial charge in [-0.05, 0) is 35.9 Å². The van der Waals surface area contributed by atoms with Crippen molar-refractivity contribution < 1.29 is 18.7 Å². The minimum Gasteiger partial charge on any atom is -0.386 e. The molecule has 2 N–H and O–H groups in total. The van der Waals surface area contributed by atoms with E-state index in [0.29, 0.717) is 5.56 Å². The highest BCUT2D eigenvalue weighted by molar-refractivity contribution is 6.29. The van der Waals surface area contributed by atoms with Gasteiger partial charge < -0.3 is 10.4 Å². The van der Waals surface area contributed by atoms with Gasteiger partial charge in [-0.25, -0.2) is 13.8 Å². The second kappa shape index (κ2) is 7.80. The minimum atomic E-state index is -1.48. The van der Waals surface area contributed by atoms with Crippen molar-refractivity contribution in [2.75, 3.05) is 6.54 Å². The lowest BCUT2D eigenvalue weighted by atomic mass is 10.1. The molecule has 0 radical (unpaired) electrons. The van der Waals surface area contributed by atoms with E-state index < -0.39 is 29.2 Å². The molecule has 1 atom stereocenters. The molecule has 1 aromatic heterocycles. The number of hydrogen-bond acceptors (Lipinski definition) is 3. The largest absolute Gasteiger partial charge is 0.386 e. The highest BCUT2D eigenvalue weighted by Gasteiger charge is 2.17. The highest BCUT2D eigenvalue weighted by atomic mass is 35.5. The summed E-state index contributed by atoms with van der Waals surface area (Å²) in [7, 11) is 0. The lowest BCUT2D eigenvalue weighted by Gasteiger charge is -2.13. The number of nitrogens with zero attached hydrogens (tertiary/aromatic N) is 1. The van der Waals surface area contributed by atoms with E-state index >= 15 is 0 Å². The topological polar surface area (TPSA) is 62.2 Å². The van der Waals surface area contributed by atoms with Gasteiger partial charge in [0.05, 0.1) is 5.56 Å². The molecule has 2 aromatic rings. The first-order valence-electron chi connectivity index (χ1n) is 6.67. The Hall–Kier alpha value is -2.31. The van der Waals surface area contributed by atoms with Gasteiger partial charge in [0, 0.05) is 18.8 Å². The molecular formula is C16H13ClF2N2O2. The molecule has 0 spiro atoms. The summed E-state index contributed by atoms with van der Waals surface area (Å²) >= 11 is 5.71. The zero-order valence-corrected chi connectivity index (χ0v) is 12.6. The second-order valence-electron chi connectivity index (χ2n) is 4.64. The van der Waals surface area contributed by atoms with Gasteiger partial charge in [-0.2, -0.15) is 0 Å². The molecule has 1 amide bonds. The molecule has 0 bridgehead atoms. The summed E-state index contributed by atoms with van der Waals surface area (Å²) in [6, 6.07) is 6.49. The Balaban J connectivity index is 1.94. The molecule has 0 aliphatic heterocycles. The standard InChI is InChI=1S/C16H13ClF2N2O2/c17-14-8-10(6-7-20-14)4-5-15(23)21-9-13(22)16-11(18)2-1-3-12(16)19/h1-8,13,22H,9H2,(H,21,23)/b5-4+. The average Bonchev–Trinajstić information content (AvgIpc) is 2.51. The first kappa shape index (κ1) is 17.1. The molecule has 1 heterocycles. The number of aromatic nitrogens is 1. The van der Waals surface area contributed by atoms with Gasteiger partial charge in [0.25, 0.3) is 0 Å². The normalized spacial score (nSPS) is 12.3. The zero-order valence-electron chi connectivity index (χ0n) is 11.8. The van der Waals surface area contributed by atoms with Crippen LogP contribution in [0.25, 0.3) is 6.08 Å². The Morgan fingerprint density at radius 2 is 2.04 bits per heavy atom. The second-order valence-corrected chi connectivity index (χ2v) is 5.03. The number of halogens is 3. The van der Waals surface area contributed by atoms with E-state index in [1.165, 1.54) is 24.4 Å². The van der Waals surface area contributed by atoms with Gasteiger partial charge in [0.1, 0.15) is 22.9 Å². The highest BCUT2D eigenvalue weighted by Crippen LogP contribution is 2.19. The summed E-state index contributed by atoms with van der Waals surface area (Å²) in [5, 5.41) is 12.5. The predicted molar refractivity (Wildman–Crippen MR) is 82.6 cm³/mol. The van der Waals surface area contributed by atoms with Crippen molar-refractivity contribution in [2.24, 2.45) is 0 Å². The lowest BCUT2D eigenvalue weighted by Crippen LogP contribution is -2.27. The van der Waals surface area contributed by atoms with Crippen molar-refractivity contribution in [2.45, 2.75) is 6.10 Å². The van der Waals surface area contributed by atoms with Crippen LogP contribution in [0.2, 0.25) is 5.15 Å². The quantitative estimate of drug-likeness (QED) is 0.651. The number of amides is 1. The molecule has 7 heteroatoms. The third-order valence-electron chi connectivity index (χ3n) is 2.98. The van der Waals surface area contributed by atoms with Gasteiger partial charge in [0.15, 0.2) is 0 Å². The van der Waals surface area contributed by atoms with Crippen LogP contribution in [0.4, 0.5) is 8.78 Å². The van der Waals surface area contributed by atoms with Gasteiger partial charge in [0.2, 0.25) is 5.91 Å². The summed E-state index contributed by atoms with van der Waals surface area (Å²) in [4.78, 5) is 15.5. The summed E-state index contributed by atoms with van der Waals surface area (Å²) in [5.74, 6) is -2.25. The van der Waals surface area contributed by atoms with E-state index in [0.717, 1.165) is 12.1 Å². The zero-order chi connectivity index (χ0) is 16.8. The molecule has 1 unspecified atom stereocenters. The van der Waals surface area contributed by atoms with Crippen LogP contribution in [-0.4, -0.2) is 22.5 Å². The van der Waals surface area contributed by atoms with E-state index in [1.807, 2.05) is 0 Å². The Labute approximate surface area is 136 Å². The molecule has 120 valence electrons. The summed E-state index contributed by atoms with van der Waals surface area (Å²) in [6.45, 7) is -0.321. The van der Waals surface area contributed by atoms with Gasteiger partial charge in [-0.3, -0.25) is 4.79 Å². The Morgan fingerprint density at radius 1 is 1.35 bits per heavy atom. The Kier molecular flexibility index (Phi) is 5.78. The molecule has 0 aliphatic carbocycles.